The molecule has 0 unspecified atom stereocenters. The Morgan fingerprint density at radius 2 is 1.76 bits per heavy atom. The van der Waals surface area contributed by atoms with Crippen LogP contribution in [0.1, 0.15) is 38.5 Å². The van der Waals surface area contributed by atoms with Crippen molar-refractivity contribution >= 4 is 36.0 Å². The number of carbonyl (C=O) groups excluding carboxylic acids is 2. The van der Waals surface area contributed by atoms with E-state index in [1.54, 1.807) is 0 Å². The van der Waals surface area contributed by atoms with Crippen LogP contribution in [0.15, 0.2) is 0 Å². The second kappa shape index (κ2) is 10.00. The lowest BCUT2D eigenvalue weighted by Gasteiger charge is -2.34. The number of nitrogens with one attached hydrogen (secondary N) is 1. The van der Waals surface area contributed by atoms with E-state index >= 15 is 0 Å². The van der Waals surface area contributed by atoms with Crippen LogP contribution in [0.3, 0.4) is 0 Å². The number of hydrogen-bond acceptors (Lipinski definition) is 5. The molecule has 0 bridgehead atoms. The monoisotopic (exact) mass is 391 g/mol. The van der Waals surface area contributed by atoms with Crippen molar-refractivity contribution in [1.29, 1.82) is 0 Å². The van der Waals surface area contributed by atoms with Gasteiger partial charge in [0, 0.05) is 43.1 Å². The van der Waals surface area contributed by atoms with Crippen LogP contribution < -0.4 is 11.1 Å². The molecule has 0 aromatic rings. The average molecular weight is 392 g/mol. The maximum absolute atomic E-state index is 12.6. The highest BCUT2D eigenvalue weighted by molar-refractivity contribution is 7.99. The van der Waals surface area contributed by atoms with E-state index in [2.05, 4.69) is 5.32 Å². The maximum Gasteiger partial charge on any atom is 0.249 e. The lowest BCUT2D eigenvalue weighted by Crippen LogP contribution is -2.46. The summed E-state index contributed by atoms with van der Waals surface area (Å²) >= 11 is 1.92. The predicted octanol–water partition coefficient (Wildman–Crippen LogP) is 1.16. The summed E-state index contributed by atoms with van der Waals surface area (Å²) in [4.78, 5) is 26.9. The smallest absolute Gasteiger partial charge is 0.249 e. The van der Waals surface area contributed by atoms with Crippen molar-refractivity contribution in [3.8, 4) is 0 Å². The van der Waals surface area contributed by atoms with Crippen molar-refractivity contribution in [2.24, 2.45) is 11.7 Å². The molecule has 0 aromatic heterocycles. The van der Waals surface area contributed by atoms with Crippen LogP contribution in [-0.2, 0) is 14.3 Å². The lowest BCUT2D eigenvalue weighted by molar-refractivity contribution is -0.136. The molecule has 0 radical (unpaired) electrons. The normalized spacial score (nSPS) is 32.8. The van der Waals surface area contributed by atoms with E-state index in [1.807, 2.05) is 16.7 Å². The van der Waals surface area contributed by atoms with E-state index in [0.29, 0.717) is 12.5 Å². The van der Waals surface area contributed by atoms with Gasteiger partial charge in [-0.25, -0.2) is 0 Å². The van der Waals surface area contributed by atoms with Gasteiger partial charge in [-0.15, -0.1) is 12.4 Å². The molecule has 2 atom stereocenters. The fourth-order valence-corrected chi connectivity index (χ4v) is 4.80. The quantitative estimate of drug-likeness (QED) is 0.751. The number of thioether (sulfide) groups is 1. The van der Waals surface area contributed by atoms with Crippen molar-refractivity contribution in [3.63, 3.8) is 0 Å². The van der Waals surface area contributed by atoms with Gasteiger partial charge >= 0.3 is 0 Å². The Morgan fingerprint density at radius 1 is 1.08 bits per heavy atom. The van der Waals surface area contributed by atoms with Gasteiger partial charge < -0.3 is 20.7 Å². The molecule has 8 heteroatoms. The number of hydrogen-bond donors (Lipinski definition) is 2. The number of halogens is 1. The molecular weight excluding hydrogens is 362 g/mol. The molecule has 2 amide bonds. The van der Waals surface area contributed by atoms with E-state index in [9.17, 15) is 9.59 Å². The molecule has 2 aliphatic heterocycles. The SMILES string of the molecule is Cl.NC[C@H]1CC[C@@H](C(=O)NC2CCC(C(=O)N3CCSCC3)CC2)O1. The number of ether oxygens (including phenoxy) is 1. The van der Waals surface area contributed by atoms with Crippen LogP contribution in [0.4, 0.5) is 0 Å². The molecule has 6 nitrogen and oxygen atoms in total. The standard InChI is InChI=1S/C17H29N3O3S.ClH/c18-11-14-5-6-15(23-14)16(21)19-13-3-1-12(2-4-13)17(22)20-7-9-24-10-8-20;/h12-15H,1-11,18H2,(H,19,21);1H/t12?,13?,14-,15+;/m1./s1. The Bertz CT molecular complexity index is 454. The fraction of sp³-hybridized carbons (Fsp3) is 0.882. The van der Waals surface area contributed by atoms with E-state index in [0.717, 1.165) is 63.1 Å². The average Bonchev–Trinajstić information content (AvgIpc) is 3.12. The summed E-state index contributed by atoms with van der Waals surface area (Å²) in [5, 5.41) is 3.11. The number of nitrogens with zero attached hydrogens (tertiary/aromatic N) is 1. The highest BCUT2D eigenvalue weighted by Gasteiger charge is 2.34. The second-order valence-electron chi connectivity index (χ2n) is 7.05. The first-order valence-corrected chi connectivity index (χ1v) is 10.3. The van der Waals surface area contributed by atoms with Crippen molar-refractivity contribution in [2.45, 2.75) is 56.8 Å². The largest absolute Gasteiger partial charge is 0.364 e. The van der Waals surface area contributed by atoms with Gasteiger partial charge in [0.1, 0.15) is 6.10 Å². The summed E-state index contributed by atoms with van der Waals surface area (Å²) in [6.07, 6.45) is 4.84. The van der Waals surface area contributed by atoms with Gasteiger partial charge in [-0.1, -0.05) is 0 Å². The predicted molar refractivity (Wildman–Crippen MR) is 102 cm³/mol. The summed E-state index contributed by atoms with van der Waals surface area (Å²) in [5.41, 5.74) is 5.59. The molecule has 3 fully saturated rings. The van der Waals surface area contributed by atoms with Crippen molar-refractivity contribution < 1.29 is 14.3 Å². The van der Waals surface area contributed by atoms with Crippen molar-refractivity contribution in [3.05, 3.63) is 0 Å². The van der Waals surface area contributed by atoms with E-state index in [4.69, 9.17) is 10.5 Å². The first kappa shape index (κ1) is 20.8. The Morgan fingerprint density at radius 3 is 2.36 bits per heavy atom. The zero-order valence-corrected chi connectivity index (χ0v) is 16.3. The topological polar surface area (TPSA) is 84.7 Å². The number of carbonyl (C=O) groups is 2. The molecular formula is C17H30ClN3O3S. The van der Waals surface area contributed by atoms with E-state index in [-0.39, 0.29) is 42.5 Å². The van der Waals surface area contributed by atoms with E-state index in [1.165, 1.54) is 0 Å². The summed E-state index contributed by atoms with van der Waals surface area (Å²) in [5.74, 6) is 2.58. The molecule has 0 aromatic carbocycles. The molecule has 3 N–H and O–H groups in total. The number of amides is 2. The molecule has 3 aliphatic rings. The molecule has 0 spiro atoms. The van der Waals surface area contributed by atoms with Crippen molar-refractivity contribution in [1.82, 2.24) is 10.2 Å². The van der Waals surface area contributed by atoms with Crippen LogP contribution >= 0.6 is 24.2 Å². The zero-order chi connectivity index (χ0) is 16.9. The molecule has 1 saturated carbocycles. The molecule has 144 valence electrons. The third-order valence-corrected chi connectivity index (χ3v) is 6.35. The number of nitrogens with two attached hydrogens (primary N) is 1. The van der Waals surface area contributed by atoms with Gasteiger partial charge in [0.2, 0.25) is 11.8 Å². The second-order valence-corrected chi connectivity index (χ2v) is 8.28. The molecule has 2 saturated heterocycles. The van der Waals surface area contributed by atoms with Crippen molar-refractivity contribution in [2.75, 3.05) is 31.1 Å². The van der Waals surface area contributed by atoms with Gasteiger partial charge in [-0.05, 0) is 38.5 Å². The first-order chi connectivity index (χ1) is 11.7. The highest BCUT2D eigenvalue weighted by Crippen LogP contribution is 2.27. The van der Waals surface area contributed by atoms with Gasteiger partial charge in [-0.3, -0.25) is 9.59 Å². The third kappa shape index (κ3) is 5.49. The molecule has 25 heavy (non-hydrogen) atoms. The van der Waals surface area contributed by atoms with Gasteiger partial charge in [-0.2, -0.15) is 11.8 Å². The van der Waals surface area contributed by atoms with Crippen LogP contribution in [0.5, 0.6) is 0 Å². The number of rotatable bonds is 4. The Kier molecular flexibility index (Phi) is 8.32. The van der Waals surface area contributed by atoms with E-state index < -0.39 is 0 Å². The first-order valence-electron chi connectivity index (χ1n) is 9.20. The minimum atomic E-state index is -0.344. The summed E-state index contributed by atoms with van der Waals surface area (Å²) in [7, 11) is 0. The molecule has 1 aliphatic carbocycles. The van der Waals surface area contributed by atoms with Gasteiger partial charge in [0.05, 0.1) is 6.10 Å². The van der Waals surface area contributed by atoms with Gasteiger partial charge in [0.15, 0.2) is 0 Å². The zero-order valence-electron chi connectivity index (χ0n) is 14.7. The minimum absolute atomic E-state index is 0. The van der Waals surface area contributed by atoms with Crippen LogP contribution in [0, 0.1) is 5.92 Å². The van der Waals surface area contributed by atoms with Crippen LogP contribution in [-0.4, -0.2) is 66.1 Å². The third-order valence-electron chi connectivity index (χ3n) is 5.41. The molecule has 2 heterocycles. The fourth-order valence-electron chi connectivity index (χ4n) is 3.89. The Labute approximate surface area is 160 Å². The summed E-state index contributed by atoms with van der Waals surface area (Å²) < 4.78 is 5.65. The molecule has 3 rings (SSSR count). The van der Waals surface area contributed by atoms with Crippen LogP contribution in [0.2, 0.25) is 0 Å². The summed E-state index contributed by atoms with van der Waals surface area (Å²) in [6.45, 7) is 2.26. The van der Waals surface area contributed by atoms with Crippen LogP contribution in [0.25, 0.3) is 0 Å². The Balaban J connectivity index is 0.00000225. The highest BCUT2D eigenvalue weighted by atomic mass is 35.5. The van der Waals surface area contributed by atoms with Gasteiger partial charge in [0.25, 0.3) is 0 Å². The lowest BCUT2D eigenvalue weighted by atomic mass is 9.85. The maximum atomic E-state index is 12.6. The minimum Gasteiger partial charge on any atom is -0.364 e. The summed E-state index contributed by atoms with van der Waals surface area (Å²) in [6, 6.07) is 0.180. The Hall–Kier alpha value is -0.500.